The van der Waals surface area contributed by atoms with Gasteiger partial charge in [0.05, 0.1) is 5.56 Å². The van der Waals surface area contributed by atoms with Crippen LogP contribution in [0.15, 0.2) is 29.2 Å². The molecule has 0 saturated carbocycles. The number of carbonyl (C=O) groups excluding carboxylic acids is 1. The first-order valence-corrected chi connectivity index (χ1v) is 5.66. The number of amides is 1. The van der Waals surface area contributed by atoms with Crippen LogP contribution in [-0.2, 0) is 0 Å². The molecule has 0 aliphatic heterocycles. The summed E-state index contributed by atoms with van der Waals surface area (Å²) in [6, 6.07) is 7.32. The van der Waals surface area contributed by atoms with Crippen molar-refractivity contribution in [2.75, 3.05) is 6.54 Å². The molecule has 1 amide bonds. The molecule has 3 heteroatoms. The first kappa shape index (κ1) is 12.1. The lowest BCUT2D eigenvalue weighted by atomic mass is 10.1. The van der Waals surface area contributed by atoms with E-state index < -0.39 is 0 Å². The van der Waals surface area contributed by atoms with E-state index in [4.69, 9.17) is 0 Å². The van der Waals surface area contributed by atoms with E-state index in [9.17, 15) is 4.79 Å². The number of thiol groups is 1. The van der Waals surface area contributed by atoms with E-state index in [-0.39, 0.29) is 5.91 Å². The molecule has 0 fully saturated rings. The van der Waals surface area contributed by atoms with Gasteiger partial charge in [-0.3, -0.25) is 4.79 Å². The molecule has 0 bridgehead atoms. The second-order valence-corrected chi connectivity index (χ2v) is 4.22. The van der Waals surface area contributed by atoms with Crippen LogP contribution >= 0.6 is 12.6 Å². The summed E-state index contributed by atoms with van der Waals surface area (Å²) in [5, 5.41) is 2.90. The molecule has 2 nitrogen and oxygen atoms in total. The molecule has 0 aromatic heterocycles. The third-order valence-corrected chi connectivity index (χ3v) is 2.85. The van der Waals surface area contributed by atoms with Gasteiger partial charge in [-0.2, -0.15) is 0 Å². The van der Waals surface area contributed by atoms with Gasteiger partial charge in [0.15, 0.2) is 0 Å². The van der Waals surface area contributed by atoms with Crippen LogP contribution in [0.5, 0.6) is 0 Å². The van der Waals surface area contributed by atoms with Crippen molar-refractivity contribution in [3.63, 3.8) is 0 Å². The van der Waals surface area contributed by atoms with Crippen molar-refractivity contribution in [3.05, 3.63) is 29.8 Å². The summed E-state index contributed by atoms with van der Waals surface area (Å²) in [6.07, 6.45) is 1.07. The largest absolute Gasteiger partial charge is 0.352 e. The lowest BCUT2D eigenvalue weighted by molar-refractivity contribution is 0.0945. The van der Waals surface area contributed by atoms with Crippen molar-refractivity contribution in [1.29, 1.82) is 0 Å². The van der Waals surface area contributed by atoms with Crippen LogP contribution in [0.25, 0.3) is 0 Å². The van der Waals surface area contributed by atoms with E-state index >= 15 is 0 Å². The molecule has 0 aliphatic carbocycles. The van der Waals surface area contributed by atoms with Gasteiger partial charge in [-0.05, 0) is 18.1 Å². The molecule has 1 atom stereocenters. The standard InChI is InChI=1S/C12H17NOS/c1-3-9(2)8-13-12(14)10-6-4-5-7-11(10)15/h4-7,9,15H,3,8H2,1-2H3,(H,13,14). The Hall–Kier alpha value is -0.960. The average Bonchev–Trinajstić information content (AvgIpc) is 2.26. The van der Waals surface area contributed by atoms with Gasteiger partial charge in [-0.15, -0.1) is 12.6 Å². The first-order chi connectivity index (χ1) is 7.15. The Morgan fingerprint density at radius 2 is 2.13 bits per heavy atom. The topological polar surface area (TPSA) is 29.1 Å². The predicted octanol–water partition coefficient (Wildman–Crippen LogP) is 2.75. The van der Waals surface area contributed by atoms with Crippen LogP contribution in [0.4, 0.5) is 0 Å². The molecule has 1 unspecified atom stereocenters. The fourth-order valence-electron chi connectivity index (χ4n) is 1.17. The molecule has 0 spiro atoms. The lowest BCUT2D eigenvalue weighted by Gasteiger charge is -2.10. The van der Waals surface area contributed by atoms with Gasteiger partial charge in [0.2, 0.25) is 0 Å². The quantitative estimate of drug-likeness (QED) is 0.755. The van der Waals surface area contributed by atoms with Crippen LogP contribution in [0.2, 0.25) is 0 Å². The van der Waals surface area contributed by atoms with Crippen molar-refractivity contribution in [3.8, 4) is 0 Å². The summed E-state index contributed by atoms with van der Waals surface area (Å²) >= 11 is 4.24. The number of rotatable bonds is 4. The third kappa shape index (κ3) is 3.59. The predicted molar refractivity (Wildman–Crippen MR) is 65.5 cm³/mol. The van der Waals surface area contributed by atoms with E-state index in [1.54, 1.807) is 6.07 Å². The summed E-state index contributed by atoms with van der Waals surface area (Å²) in [4.78, 5) is 12.4. The van der Waals surface area contributed by atoms with E-state index in [2.05, 4.69) is 31.8 Å². The van der Waals surface area contributed by atoms with Crippen molar-refractivity contribution in [2.45, 2.75) is 25.2 Å². The zero-order chi connectivity index (χ0) is 11.3. The van der Waals surface area contributed by atoms with E-state index in [1.165, 1.54) is 0 Å². The molecule has 1 aromatic carbocycles. The second kappa shape index (κ2) is 5.81. The molecule has 0 radical (unpaired) electrons. The highest BCUT2D eigenvalue weighted by atomic mass is 32.1. The zero-order valence-corrected chi connectivity index (χ0v) is 10.1. The molecular formula is C12H17NOS. The Balaban J connectivity index is 2.58. The average molecular weight is 223 g/mol. The number of nitrogens with one attached hydrogen (secondary N) is 1. The number of hydrogen-bond donors (Lipinski definition) is 2. The molecule has 15 heavy (non-hydrogen) atoms. The minimum Gasteiger partial charge on any atom is -0.352 e. The molecule has 1 aromatic rings. The fourth-order valence-corrected chi connectivity index (χ4v) is 1.43. The first-order valence-electron chi connectivity index (χ1n) is 5.21. The van der Waals surface area contributed by atoms with Gasteiger partial charge >= 0.3 is 0 Å². The third-order valence-electron chi connectivity index (χ3n) is 2.46. The van der Waals surface area contributed by atoms with Crippen LogP contribution in [0.1, 0.15) is 30.6 Å². The molecule has 0 heterocycles. The maximum absolute atomic E-state index is 11.7. The van der Waals surface area contributed by atoms with E-state index in [0.29, 0.717) is 11.5 Å². The van der Waals surface area contributed by atoms with Crippen LogP contribution in [0.3, 0.4) is 0 Å². The second-order valence-electron chi connectivity index (χ2n) is 3.74. The molecular weight excluding hydrogens is 206 g/mol. The molecule has 1 rings (SSSR count). The normalized spacial score (nSPS) is 12.2. The monoisotopic (exact) mass is 223 g/mol. The van der Waals surface area contributed by atoms with Gasteiger partial charge in [0, 0.05) is 11.4 Å². The summed E-state index contributed by atoms with van der Waals surface area (Å²) < 4.78 is 0. The maximum atomic E-state index is 11.7. The Morgan fingerprint density at radius 1 is 1.47 bits per heavy atom. The van der Waals surface area contributed by atoms with Crippen LogP contribution < -0.4 is 5.32 Å². The zero-order valence-electron chi connectivity index (χ0n) is 9.16. The Labute approximate surface area is 96.5 Å². The summed E-state index contributed by atoms with van der Waals surface area (Å²) in [5.41, 5.74) is 0.643. The molecule has 82 valence electrons. The Bertz CT molecular complexity index is 338. The molecule has 0 saturated heterocycles. The Kier molecular flexibility index (Phi) is 4.69. The highest BCUT2D eigenvalue weighted by Gasteiger charge is 2.08. The number of hydrogen-bond acceptors (Lipinski definition) is 2. The SMILES string of the molecule is CCC(C)CNC(=O)c1ccccc1S. The van der Waals surface area contributed by atoms with E-state index in [1.807, 2.05) is 18.2 Å². The minimum absolute atomic E-state index is 0.0408. The lowest BCUT2D eigenvalue weighted by Crippen LogP contribution is -2.28. The summed E-state index contributed by atoms with van der Waals surface area (Å²) in [7, 11) is 0. The fraction of sp³-hybridized carbons (Fsp3) is 0.417. The van der Waals surface area contributed by atoms with Crippen LogP contribution in [-0.4, -0.2) is 12.5 Å². The van der Waals surface area contributed by atoms with Crippen molar-refractivity contribution in [1.82, 2.24) is 5.32 Å². The van der Waals surface area contributed by atoms with E-state index in [0.717, 1.165) is 17.9 Å². The van der Waals surface area contributed by atoms with Crippen LogP contribution in [0, 0.1) is 5.92 Å². The highest BCUT2D eigenvalue weighted by Crippen LogP contribution is 2.12. The molecule has 0 aliphatic rings. The maximum Gasteiger partial charge on any atom is 0.252 e. The number of benzene rings is 1. The Morgan fingerprint density at radius 3 is 2.73 bits per heavy atom. The number of carbonyl (C=O) groups is 1. The van der Waals surface area contributed by atoms with Crippen molar-refractivity contribution >= 4 is 18.5 Å². The van der Waals surface area contributed by atoms with Crippen molar-refractivity contribution in [2.24, 2.45) is 5.92 Å². The van der Waals surface area contributed by atoms with Gasteiger partial charge in [0.1, 0.15) is 0 Å². The van der Waals surface area contributed by atoms with Gasteiger partial charge in [-0.25, -0.2) is 0 Å². The van der Waals surface area contributed by atoms with Gasteiger partial charge in [-0.1, -0.05) is 32.4 Å². The van der Waals surface area contributed by atoms with Gasteiger partial charge < -0.3 is 5.32 Å². The molecule has 1 N–H and O–H groups in total. The summed E-state index contributed by atoms with van der Waals surface area (Å²) in [6.45, 7) is 4.95. The summed E-state index contributed by atoms with van der Waals surface area (Å²) in [5.74, 6) is 0.474. The minimum atomic E-state index is -0.0408. The smallest absolute Gasteiger partial charge is 0.252 e. The van der Waals surface area contributed by atoms with Gasteiger partial charge in [0.25, 0.3) is 5.91 Å². The highest BCUT2D eigenvalue weighted by molar-refractivity contribution is 7.80. The van der Waals surface area contributed by atoms with Crippen molar-refractivity contribution < 1.29 is 4.79 Å².